The van der Waals surface area contributed by atoms with E-state index >= 15 is 0 Å². The smallest absolute Gasteiger partial charge is 0.321 e. The molecule has 1 aliphatic carbocycles. The molecule has 0 radical (unpaired) electrons. The standard InChI is InChI=1S/C26H35N7O2/c1-2-3-14-28-25-29-17-22(24(32-25)30-19-10-12-21(34)13-11-19)23(27)18-6-8-20(9-7-18)31-26(35)33-15-4-5-16-33/h6-9,17,19,27H,2-5,10-16H2,1H3,(H,31,35)(H2,28,29,30,32). The highest BCUT2D eigenvalue weighted by molar-refractivity contribution is 6.13. The first-order valence-corrected chi connectivity index (χ1v) is 12.7. The molecular formula is C26H35N7O2. The normalized spacial score (nSPS) is 16.3. The van der Waals surface area contributed by atoms with Crippen LogP contribution in [-0.4, -0.2) is 58.1 Å². The second kappa shape index (κ2) is 11.8. The van der Waals surface area contributed by atoms with Crippen LogP contribution in [0.5, 0.6) is 0 Å². The molecule has 2 fully saturated rings. The molecule has 1 saturated heterocycles. The van der Waals surface area contributed by atoms with Gasteiger partial charge in [-0.1, -0.05) is 25.5 Å². The third kappa shape index (κ3) is 6.55. The second-order valence-corrected chi connectivity index (χ2v) is 9.27. The Morgan fingerprint density at radius 1 is 1.14 bits per heavy atom. The van der Waals surface area contributed by atoms with Gasteiger partial charge in [-0.05, 0) is 44.2 Å². The summed E-state index contributed by atoms with van der Waals surface area (Å²) < 4.78 is 0. The summed E-state index contributed by atoms with van der Waals surface area (Å²) in [5, 5.41) is 18.5. The molecule has 186 valence electrons. The van der Waals surface area contributed by atoms with Gasteiger partial charge in [-0.3, -0.25) is 10.2 Å². The number of carbonyl (C=O) groups excluding carboxylic acids is 2. The molecule has 1 aliphatic heterocycles. The Hall–Kier alpha value is -3.49. The summed E-state index contributed by atoms with van der Waals surface area (Å²) in [5.74, 6) is 1.44. The first-order chi connectivity index (χ1) is 17.0. The molecule has 0 spiro atoms. The Balaban J connectivity index is 1.49. The number of rotatable bonds is 9. The molecule has 4 rings (SSSR count). The fraction of sp³-hybridized carbons (Fsp3) is 0.500. The number of hydrogen-bond acceptors (Lipinski definition) is 7. The van der Waals surface area contributed by atoms with Crippen molar-refractivity contribution >= 4 is 35.0 Å². The van der Waals surface area contributed by atoms with Gasteiger partial charge in [0.05, 0.1) is 11.3 Å². The average molecular weight is 478 g/mol. The molecule has 2 aromatic rings. The predicted molar refractivity (Wildman–Crippen MR) is 139 cm³/mol. The van der Waals surface area contributed by atoms with Crippen molar-refractivity contribution in [2.75, 3.05) is 35.6 Å². The topological polar surface area (TPSA) is 123 Å². The van der Waals surface area contributed by atoms with Gasteiger partial charge < -0.3 is 20.9 Å². The molecule has 9 heteroatoms. The van der Waals surface area contributed by atoms with Crippen LogP contribution < -0.4 is 16.0 Å². The lowest BCUT2D eigenvalue weighted by Gasteiger charge is -2.24. The molecule has 35 heavy (non-hydrogen) atoms. The SMILES string of the molecule is CCCCNc1ncc(C(=N)c2ccc(NC(=O)N3CCCC3)cc2)c(NC2CCC(=O)CC2)n1. The van der Waals surface area contributed by atoms with E-state index < -0.39 is 0 Å². The van der Waals surface area contributed by atoms with Crippen LogP contribution in [-0.2, 0) is 4.79 Å². The second-order valence-electron chi connectivity index (χ2n) is 9.27. The van der Waals surface area contributed by atoms with Crippen molar-refractivity contribution in [1.29, 1.82) is 5.41 Å². The van der Waals surface area contributed by atoms with Crippen molar-refractivity contribution in [2.24, 2.45) is 0 Å². The highest BCUT2D eigenvalue weighted by atomic mass is 16.2. The monoisotopic (exact) mass is 477 g/mol. The quantitative estimate of drug-likeness (QED) is 0.308. The van der Waals surface area contributed by atoms with Crippen molar-refractivity contribution in [1.82, 2.24) is 14.9 Å². The highest BCUT2D eigenvalue weighted by Gasteiger charge is 2.22. The van der Waals surface area contributed by atoms with Gasteiger partial charge in [-0.25, -0.2) is 9.78 Å². The summed E-state index contributed by atoms with van der Waals surface area (Å²) in [6.45, 7) is 4.51. The minimum Gasteiger partial charge on any atom is -0.367 e. The number of ketones is 1. The van der Waals surface area contributed by atoms with Gasteiger partial charge in [-0.2, -0.15) is 4.98 Å². The zero-order valence-electron chi connectivity index (χ0n) is 20.4. The molecule has 1 saturated carbocycles. The Bertz CT molecular complexity index is 1040. The highest BCUT2D eigenvalue weighted by Crippen LogP contribution is 2.24. The maximum atomic E-state index is 12.4. The molecule has 2 amide bonds. The number of amides is 2. The molecule has 2 heterocycles. The molecule has 1 aromatic heterocycles. The average Bonchev–Trinajstić information content (AvgIpc) is 3.41. The largest absolute Gasteiger partial charge is 0.367 e. The van der Waals surface area contributed by atoms with E-state index in [1.807, 2.05) is 29.2 Å². The van der Waals surface area contributed by atoms with Crippen molar-refractivity contribution in [3.05, 3.63) is 41.6 Å². The number of aromatic nitrogens is 2. The minimum atomic E-state index is -0.0812. The van der Waals surface area contributed by atoms with E-state index in [1.54, 1.807) is 6.20 Å². The van der Waals surface area contributed by atoms with E-state index in [1.165, 1.54) is 0 Å². The van der Waals surface area contributed by atoms with Crippen molar-refractivity contribution < 1.29 is 9.59 Å². The van der Waals surface area contributed by atoms with E-state index in [9.17, 15) is 9.59 Å². The number of nitrogens with zero attached hydrogens (tertiary/aromatic N) is 3. The van der Waals surface area contributed by atoms with Gasteiger partial charge in [0.15, 0.2) is 0 Å². The third-order valence-corrected chi connectivity index (χ3v) is 6.57. The zero-order valence-corrected chi connectivity index (χ0v) is 20.4. The van der Waals surface area contributed by atoms with Gasteiger partial charge in [0.1, 0.15) is 11.6 Å². The van der Waals surface area contributed by atoms with E-state index in [0.717, 1.165) is 58.2 Å². The van der Waals surface area contributed by atoms with Gasteiger partial charge >= 0.3 is 6.03 Å². The summed E-state index contributed by atoms with van der Waals surface area (Å²) in [6, 6.07) is 7.36. The molecule has 4 N–H and O–H groups in total. The lowest BCUT2D eigenvalue weighted by molar-refractivity contribution is -0.120. The van der Waals surface area contributed by atoms with Crippen LogP contribution in [0.1, 0.15) is 69.4 Å². The van der Waals surface area contributed by atoms with Crippen LogP contribution in [0.3, 0.4) is 0 Å². The van der Waals surface area contributed by atoms with Crippen molar-refractivity contribution in [3.63, 3.8) is 0 Å². The maximum absolute atomic E-state index is 12.4. The number of urea groups is 1. The van der Waals surface area contributed by atoms with Gasteiger partial charge in [0.25, 0.3) is 0 Å². The van der Waals surface area contributed by atoms with E-state index in [-0.39, 0.29) is 12.1 Å². The Labute approximate surface area is 206 Å². The number of unbranched alkanes of at least 4 members (excludes halogenated alkanes) is 1. The number of benzene rings is 1. The summed E-state index contributed by atoms with van der Waals surface area (Å²) in [5.41, 5.74) is 2.32. The molecule has 9 nitrogen and oxygen atoms in total. The van der Waals surface area contributed by atoms with Crippen LogP contribution in [0, 0.1) is 5.41 Å². The summed E-state index contributed by atoms with van der Waals surface area (Å²) in [7, 11) is 0. The van der Waals surface area contributed by atoms with E-state index in [2.05, 4.69) is 32.8 Å². The molecule has 0 unspecified atom stereocenters. The van der Waals surface area contributed by atoms with E-state index in [4.69, 9.17) is 5.41 Å². The fourth-order valence-corrected chi connectivity index (χ4v) is 4.41. The molecule has 2 aliphatic rings. The van der Waals surface area contributed by atoms with Crippen LogP contribution in [0.4, 0.5) is 22.2 Å². The number of Topliss-reactive ketones (excluding diaryl/α,β-unsaturated/α-hetero) is 1. The lowest BCUT2D eigenvalue weighted by Crippen LogP contribution is -2.32. The number of likely N-dealkylation sites (tertiary alicyclic amines) is 1. The number of nitrogens with one attached hydrogen (secondary N) is 4. The molecule has 0 bridgehead atoms. The van der Waals surface area contributed by atoms with Gasteiger partial charge in [0, 0.05) is 56.0 Å². The predicted octanol–water partition coefficient (Wildman–Crippen LogP) is 4.66. The first kappa shape index (κ1) is 24.6. The first-order valence-electron chi connectivity index (χ1n) is 12.7. The number of anilines is 3. The Kier molecular flexibility index (Phi) is 8.28. The molecule has 0 atom stereocenters. The van der Waals surface area contributed by atoms with Crippen molar-refractivity contribution in [2.45, 2.75) is 64.3 Å². The summed E-state index contributed by atoms with van der Waals surface area (Å²) >= 11 is 0. The summed E-state index contributed by atoms with van der Waals surface area (Å²) in [4.78, 5) is 35.0. The van der Waals surface area contributed by atoms with Gasteiger partial charge in [0.2, 0.25) is 5.95 Å². The molecule has 1 aromatic carbocycles. The molecular weight excluding hydrogens is 442 g/mol. The summed E-state index contributed by atoms with van der Waals surface area (Å²) in [6.07, 6.45) is 8.55. The fourth-order valence-electron chi connectivity index (χ4n) is 4.41. The van der Waals surface area contributed by atoms with Crippen LogP contribution in [0.15, 0.2) is 30.5 Å². The number of hydrogen-bond donors (Lipinski definition) is 4. The maximum Gasteiger partial charge on any atom is 0.321 e. The van der Waals surface area contributed by atoms with Crippen LogP contribution >= 0.6 is 0 Å². The lowest BCUT2D eigenvalue weighted by atomic mass is 9.94. The van der Waals surface area contributed by atoms with E-state index in [0.29, 0.717) is 52.9 Å². The van der Waals surface area contributed by atoms with Crippen LogP contribution in [0.2, 0.25) is 0 Å². The Morgan fingerprint density at radius 2 is 1.86 bits per heavy atom. The van der Waals surface area contributed by atoms with Crippen LogP contribution in [0.25, 0.3) is 0 Å². The van der Waals surface area contributed by atoms with Gasteiger partial charge in [-0.15, -0.1) is 0 Å². The minimum absolute atomic E-state index is 0.0812. The number of carbonyl (C=O) groups is 2. The van der Waals surface area contributed by atoms with Crippen molar-refractivity contribution in [3.8, 4) is 0 Å². The third-order valence-electron chi connectivity index (χ3n) is 6.57. The zero-order chi connectivity index (χ0) is 24.6. The Morgan fingerprint density at radius 3 is 2.54 bits per heavy atom.